The molecule has 3 rings (SSSR count). The highest BCUT2D eigenvalue weighted by atomic mass is 16.3. The molecule has 0 bridgehead atoms. The number of rotatable bonds is 7. The summed E-state index contributed by atoms with van der Waals surface area (Å²) in [5.74, 6) is -0.140. The first-order valence-electron chi connectivity index (χ1n) is 9.12. The molecule has 6 heteroatoms. The summed E-state index contributed by atoms with van der Waals surface area (Å²) in [6.45, 7) is 2.41. The van der Waals surface area contributed by atoms with Gasteiger partial charge in [0.1, 0.15) is 0 Å². The smallest absolute Gasteiger partial charge is 0.237 e. The topological polar surface area (TPSA) is 65.8 Å². The normalized spacial score (nSPS) is 17.8. The van der Waals surface area contributed by atoms with E-state index in [9.17, 15) is 9.59 Å². The van der Waals surface area contributed by atoms with Crippen LogP contribution < -0.4 is 5.32 Å². The van der Waals surface area contributed by atoms with Crippen LogP contribution >= 0.6 is 0 Å². The van der Waals surface area contributed by atoms with Gasteiger partial charge < -0.3 is 14.6 Å². The van der Waals surface area contributed by atoms with Gasteiger partial charge in [0.25, 0.3) is 0 Å². The standard InChI is InChI=1S/C21H25N3O3/c1-23(11-5-8-17-6-3-2-4-7-17)20(25)14-19-21(26)22-10-12-24(19)15-18-9-13-27-16-18/h2-9,13,16,19H,10-12,14-15H2,1H3,(H,22,26). The molecule has 6 nitrogen and oxygen atoms in total. The van der Waals surface area contributed by atoms with Gasteiger partial charge in [0.2, 0.25) is 11.8 Å². The van der Waals surface area contributed by atoms with E-state index >= 15 is 0 Å². The van der Waals surface area contributed by atoms with Crippen LogP contribution in [0.2, 0.25) is 0 Å². The monoisotopic (exact) mass is 367 g/mol. The van der Waals surface area contributed by atoms with Gasteiger partial charge >= 0.3 is 0 Å². The molecule has 1 saturated heterocycles. The van der Waals surface area contributed by atoms with Crippen molar-refractivity contribution in [1.82, 2.24) is 15.1 Å². The maximum atomic E-state index is 12.6. The van der Waals surface area contributed by atoms with E-state index in [1.54, 1.807) is 24.5 Å². The number of amides is 2. The molecule has 1 N–H and O–H groups in total. The first-order valence-corrected chi connectivity index (χ1v) is 9.12. The number of carbonyl (C=O) groups excluding carboxylic acids is 2. The van der Waals surface area contributed by atoms with E-state index in [2.05, 4.69) is 5.32 Å². The quantitative estimate of drug-likeness (QED) is 0.814. The molecule has 0 radical (unpaired) electrons. The first-order chi connectivity index (χ1) is 13.1. The average molecular weight is 367 g/mol. The fourth-order valence-corrected chi connectivity index (χ4v) is 3.12. The largest absolute Gasteiger partial charge is 0.472 e. The van der Waals surface area contributed by atoms with Crippen molar-refractivity contribution in [1.29, 1.82) is 0 Å². The molecular formula is C21H25N3O3. The lowest BCUT2D eigenvalue weighted by Gasteiger charge is -2.35. The number of likely N-dealkylation sites (N-methyl/N-ethyl adjacent to an activating group) is 1. The van der Waals surface area contributed by atoms with Crippen LogP contribution in [-0.4, -0.2) is 54.3 Å². The number of furan rings is 1. The summed E-state index contributed by atoms with van der Waals surface area (Å²) < 4.78 is 5.11. The summed E-state index contributed by atoms with van der Waals surface area (Å²) in [6, 6.07) is 11.4. The predicted octanol–water partition coefficient (Wildman–Crippen LogP) is 2.14. The Balaban J connectivity index is 1.56. The van der Waals surface area contributed by atoms with Crippen molar-refractivity contribution >= 4 is 17.9 Å². The van der Waals surface area contributed by atoms with Crippen molar-refractivity contribution in [2.75, 3.05) is 26.7 Å². The molecule has 0 saturated carbocycles. The lowest BCUT2D eigenvalue weighted by atomic mass is 10.1. The second-order valence-corrected chi connectivity index (χ2v) is 6.70. The zero-order valence-corrected chi connectivity index (χ0v) is 15.5. The fraction of sp³-hybridized carbons (Fsp3) is 0.333. The lowest BCUT2D eigenvalue weighted by Crippen LogP contribution is -2.56. The molecule has 0 spiro atoms. The number of hydrogen-bond acceptors (Lipinski definition) is 4. The third-order valence-corrected chi connectivity index (χ3v) is 4.69. The van der Waals surface area contributed by atoms with Crippen molar-refractivity contribution in [2.24, 2.45) is 0 Å². The minimum absolute atomic E-state index is 0.0491. The van der Waals surface area contributed by atoms with Crippen molar-refractivity contribution < 1.29 is 14.0 Å². The summed E-state index contributed by atoms with van der Waals surface area (Å²) in [6.07, 6.45) is 7.40. The molecule has 1 unspecified atom stereocenters. The third kappa shape index (κ3) is 5.31. The molecule has 142 valence electrons. The molecule has 27 heavy (non-hydrogen) atoms. The summed E-state index contributed by atoms with van der Waals surface area (Å²) in [5, 5.41) is 2.86. The molecule has 1 aliphatic rings. The lowest BCUT2D eigenvalue weighted by molar-refractivity contribution is -0.138. The van der Waals surface area contributed by atoms with Gasteiger partial charge in [-0.05, 0) is 11.6 Å². The molecule has 0 aliphatic carbocycles. The number of nitrogens with zero attached hydrogens (tertiary/aromatic N) is 2. The Morgan fingerprint density at radius 1 is 1.33 bits per heavy atom. The maximum absolute atomic E-state index is 12.6. The number of hydrogen-bond donors (Lipinski definition) is 1. The summed E-state index contributed by atoms with van der Waals surface area (Å²) in [4.78, 5) is 28.6. The van der Waals surface area contributed by atoms with Crippen LogP contribution in [0.25, 0.3) is 6.08 Å². The molecular weight excluding hydrogens is 342 g/mol. The minimum atomic E-state index is -0.457. The van der Waals surface area contributed by atoms with Crippen molar-refractivity contribution in [3.63, 3.8) is 0 Å². The number of carbonyl (C=O) groups is 2. The van der Waals surface area contributed by atoms with Crippen LogP contribution in [0.3, 0.4) is 0 Å². The Morgan fingerprint density at radius 3 is 2.89 bits per heavy atom. The highest BCUT2D eigenvalue weighted by Crippen LogP contribution is 2.15. The molecule has 2 amide bonds. The van der Waals surface area contributed by atoms with Crippen LogP contribution in [0.15, 0.2) is 59.4 Å². The average Bonchev–Trinajstić information content (AvgIpc) is 3.18. The minimum Gasteiger partial charge on any atom is -0.472 e. The van der Waals surface area contributed by atoms with Gasteiger partial charge in [-0.2, -0.15) is 0 Å². The zero-order valence-electron chi connectivity index (χ0n) is 15.5. The molecule has 1 fully saturated rings. The van der Waals surface area contributed by atoms with Gasteiger partial charge in [0, 0.05) is 38.8 Å². The van der Waals surface area contributed by atoms with Gasteiger partial charge in [-0.15, -0.1) is 0 Å². The number of piperazine rings is 1. The number of nitrogens with one attached hydrogen (secondary N) is 1. The van der Waals surface area contributed by atoms with Gasteiger partial charge in [-0.3, -0.25) is 14.5 Å². The Kier molecular flexibility index (Phi) is 6.44. The SMILES string of the molecule is CN(CC=Cc1ccccc1)C(=O)CC1C(=O)NCCN1Cc1ccoc1. The van der Waals surface area contributed by atoms with E-state index in [4.69, 9.17) is 4.42 Å². The molecule has 1 aliphatic heterocycles. The fourth-order valence-electron chi connectivity index (χ4n) is 3.12. The van der Waals surface area contributed by atoms with Crippen LogP contribution in [0.1, 0.15) is 17.5 Å². The predicted molar refractivity (Wildman–Crippen MR) is 104 cm³/mol. The van der Waals surface area contributed by atoms with Crippen LogP contribution in [0.5, 0.6) is 0 Å². The van der Waals surface area contributed by atoms with E-state index in [-0.39, 0.29) is 18.2 Å². The Hall–Kier alpha value is -2.86. The Bertz CT molecular complexity index is 771. The van der Waals surface area contributed by atoms with Crippen molar-refractivity contribution in [2.45, 2.75) is 19.0 Å². The number of benzene rings is 1. The van der Waals surface area contributed by atoms with Gasteiger partial charge in [-0.1, -0.05) is 42.5 Å². The van der Waals surface area contributed by atoms with Gasteiger partial charge in [0.05, 0.1) is 25.0 Å². The van der Waals surface area contributed by atoms with Gasteiger partial charge in [-0.25, -0.2) is 0 Å². The second kappa shape index (κ2) is 9.19. The molecule has 1 aromatic heterocycles. The van der Waals surface area contributed by atoms with Crippen molar-refractivity contribution in [3.05, 3.63) is 66.1 Å². The van der Waals surface area contributed by atoms with E-state index in [0.29, 0.717) is 26.2 Å². The van der Waals surface area contributed by atoms with Crippen LogP contribution in [0, 0.1) is 0 Å². The van der Waals surface area contributed by atoms with E-state index in [1.807, 2.05) is 53.5 Å². The second-order valence-electron chi connectivity index (χ2n) is 6.70. The molecule has 1 aromatic carbocycles. The molecule has 2 heterocycles. The first kappa shape index (κ1) is 18.9. The maximum Gasteiger partial charge on any atom is 0.237 e. The Labute approximate surface area is 159 Å². The highest BCUT2D eigenvalue weighted by molar-refractivity contribution is 5.88. The third-order valence-electron chi connectivity index (χ3n) is 4.69. The zero-order chi connectivity index (χ0) is 19.1. The highest BCUT2D eigenvalue weighted by Gasteiger charge is 2.32. The summed E-state index contributed by atoms with van der Waals surface area (Å²) in [5.41, 5.74) is 2.09. The van der Waals surface area contributed by atoms with Crippen LogP contribution in [0.4, 0.5) is 0 Å². The van der Waals surface area contributed by atoms with Crippen molar-refractivity contribution in [3.8, 4) is 0 Å². The van der Waals surface area contributed by atoms with E-state index in [0.717, 1.165) is 11.1 Å². The molecule has 2 aromatic rings. The Morgan fingerprint density at radius 2 is 2.15 bits per heavy atom. The van der Waals surface area contributed by atoms with Gasteiger partial charge in [0.15, 0.2) is 0 Å². The van der Waals surface area contributed by atoms with E-state index in [1.165, 1.54) is 0 Å². The summed E-state index contributed by atoms with van der Waals surface area (Å²) >= 11 is 0. The van der Waals surface area contributed by atoms with E-state index < -0.39 is 6.04 Å². The summed E-state index contributed by atoms with van der Waals surface area (Å²) in [7, 11) is 1.76. The van der Waals surface area contributed by atoms with Crippen LogP contribution in [-0.2, 0) is 16.1 Å². The molecule has 1 atom stereocenters.